The number of hydrogen-bond donors (Lipinski definition) is 4. The molecule has 2 aromatic carbocycles. The minimum absolute atomic E-state index is 0.0412. The molecule has 48 heavy (non-hydrogen) atoms. The van der Waals surface area contributed by atoms with Crippen LogP contribution in [0.3, 0.4) is 0 Å². The van der Waals surface area contributed by atoms with Gasteiger partial charge in [-0.25, -0.2) is 9.59 Å². The predicted octanol–water partition coefficient (Wildman–Crippen LogP) is 2.95. The van der Waals surface area contributed by atoms with Gasteiger partial charge in [0.25, 0.3) is 0 Å². The van der Waals surface area contributed by atoms with Crippen molar-refractivity contribution in [3.8, 4) is 0 Å². The number of carbonyl (C=O) groups excluding carboxylic acids is 6. The Morgan fingerprint density at radius 2 is 1.31 bits per heavy atom. The molecule has 5 atom stereocenters. The van der Waals surface area contributed by atoms with Crippen LogP contribution in [0.25, 0.3) is 0 Å². The van der Waals surface area contributed by atoms with Crippen molar-refractivity contribution in [2.75, 3.05) is 7.11 Å². The van der Waals surface area contributed by atoms with Gasteiger partial charge in [-0.05, 0) is 44.7 Å². The summed E-state index contributed by atoms with van der Waals surface area (Å²) < 4.78 is 15.4. The molecule has 0 aliphatic rings. The Labute approximate surface area is 281 Å². The molecule has 0 aliphatic heterocycles. The van der Waals surface area contributed by atoms with Crippen LogP contribution in [0.4, 0.5) is 4.79 Å². The van der Waals surface area contributed by atoms with Gasteiger partial charge in [0, 0.05) is 6.42 Å². The van der Waals surface area contributed by atoms with Gasteiger partial charge >= 0.3 is 18.0 Å². The molecular weight excluding hydrogens is 620 g/mol. The molecule has 13 heteroatoms. The van der Waals surface area contributed by atoms with Crippen molar-refractivity contribution in [1.82, 2.24) is 21.3 Å². The minimum atomic E-state index is -1.44. The SMILES string of the molecule is CC[C@H](C)[C@H](NC(=O)[C@H](C)NC(=O)[C@H](CC(=O)OCc1ccccc1)NC(=O)OC(C)(C)C)C(=O)N[C@@H](Cc1ccccc1)C(=O)OC. The van der Waals surface area contributed by atoms with Crippen molar-refractivity contribution in [2.24, 2.45) is 5.92 Å². The zero-order valence-electron chi connectivity index (χ0n) is 28.7. The van der Waals surface area contributed by atoms with E-state index in [4.69, 9.17) is 14.2 Å². The minimum Gasteiger partial charge on any atom is -0.467 e. The number of benzene rings is 2. The lowest BCUT2D eigenvalue weighted by molar-refractivity contribution is -0.147. The van der Waals surface area contributed by atoms with Crippen LogP contribution in [0.5, 0.6) is 0 Å². The Morgan fingerprint density at radius 3 is 1.85 bits per heavy atom. The number of carbonyl (C=O) groups is 6. The molecule has 0 radical (unpaired) electrons. The van der Waals surface area contributed by atoms with Crippen molar-refractivity contribution in [3.63, 3.8) is 0 Å². The van der Waals surface area contributed by atoms with E-state index < -0.39 is 71.9 Å². The first-order valence-corrected chi connectivity index (χ1v) is 15.8. The number of esters is 2. The lowest BCUT2D eigenvalue weighted by Gasteiger charge is -2.28. The zero-order chi connectivity index (χ0) is 35.9. The second-order valence-corrected chi connectivity index (χ2v) is 12.4. The highest BCUT2D eigenvalue weighted by molar-refractivity contribution is 5.95. The van der Waals surface area contributed by atoms with Gasteiger partial charge in [0.2, 0.25) is 17.7 Å². The smallest absolute Gasteiger partial charge is 0.408 e. The highest BCUT2D eigenvalue weighted by atomic mass is 16.6. The quantitative estimate of drug-likeness (QED) is 0.155. The summed E-state index contributed by atoms with van der Waals surface area (Å²) in [5.41, 5.74) is 0.647. The number of ether oxygens (including phenoxy) is 3. The van der Waals surface area contributed by atoms with Crippen LogP contribution in [0.1, 0.15) is 65.5 Å². The molecule has 0 spiro atoms. The third-order valence-corrected chi connectivity index (χ3v) is 7.25. The first-order valence-electron chi connectivity index (χ1n) is 15.8. The van der Waals surface area contributed by atoms with Crippen molar-refractivity contribution >= 4 is 35.8 Å². The van der Waals surface area contributed by atoms with Crippen LogP contribution in [0, 0.1) is 5.92 Å². The van der Waals surface area contributed by atoms with E-state index in [0.29, 0.717) is 6.42 Å². The van der Waals surface area contributed by atoms with E-state index in [1.165, 1.54) is 14.0 Å². The molecule has 0 saturated heterocycles. The number of alkyl carbamates (subject to hydrolysis) is 1. The highest BCUT2D eigenvalue weighted by Gasteiger charge is 2.33. The van der Waals surface area contributed by atoms with E-state index in [1.54, 1.807) is 52.0 Å². The Hall–Kier alpha value is -4.94. The Morgan fingerprint density at radius 1 is 0.729 bits per heavy atom. The van der Waals surface area contributed by atoms with E-state index >= 15 is 0 Å². The van der Waals surface area contributed by atoms with Gasteiger partial charge in [-0.15, -0.1) is 0 Å². The molecular formula is C35H48N4O9. The van der Waals surface area contributed by atoms with Gasteiger partial charge in [0.05, 0.1) is 13.5 Å². The van der Waals surface area contributed by atoms with Crippen LogP contribution < -0.4 is 21.3 Å². The first-order chi connectivity index (χ1) is 22.6. The maximum Gasteiger partial charge on any atom is 0.408 e. The first kappa shape index (κ1) is 39.2. The van der Waals surface area contributed by atoms with E-state index in [0.717, 1.165) is 11.1 Å². The summed E-state index contributed by atoms with van der Waals surface area (Å²) in [6.45, 7) is 9.88. The molecule has 0 saturated carbocycles. The highest BCUT2D eigenvalue weighted by Crippen LogP contribution is 2.12. The Balaban J connectivity index is 2.13. The maximum absolute atomic E-state index is 13.4. The normalized spacial score (nSPS) is 14.1. The van der Waals surface area contributed by atoms with Crippen LogP contribution in [0.2, 0.25) is 0 Å². The number of methoxy groups -OCH3 is 1. The predicted molar refractivity (Wildman–Crippen MR) is 177 cm³/mol. The summed E-state index contributed by atoms with van der Waals surface area (Å²) >= 11 is 0. The van der Waals surface area contributed by atoms with Crippen molar-refractivity contribution < 1.29 is 43.0 Å². The zero-order valence-corrected chi connectivity index (χ0v) is 28.7. The number of amides is 4. The summed E-state index contributed by atoms with van der Waals surface area (Å²) in [7, 11) is 1.22. The van der Waals surface area contributed by atoms with Crippen LogP contribution >= 0.6 is 0 Å². The molecule has 0 fully saturated rings. The summed E-state index contributed by atoms with van der Waals surface area (Å²) in [5, 5.41) is 10.2. The van der Waals surface area contributed by atoms with Gasteiger partial charge in [-0.1, -0.05) is 80.9 Å². The molecule has 0 bridgehead atoms. The van der Waals surface area contributed by atoms with E-state index in [2.05, 4.69) is 21.3 Å². The Bertz CT molecular complexity index is 1380. The summed E-state index contributed by atoms with van der Waals surface area (Å²) in [6, 6.07) is 13.3. The van der Waals surface area contributed by atoms with Crippen LogP contribution in [0.15, 0.2) is 60.7 Å². The van der Waals surface area contributed by atoms with E-state index in [9.17, 15) is 28.8 Å². The van der Waals surface area contributed by atoms with Gasteiger partial charge in [-0.3, -0.25) is 19.2 Å². The monoisotopic (exact) mass is 668 g/mol. The number of rotatable bonds is 16. The molecule has 2 aromatic rings. The number of hydrogen-bond acceptors (Lipinski definition) is 9. The van der Waals surface area contributed by atoms with E-state index in [-0.39, 0.29) is 18.9 Å². The molecule has 262 valence electrons. The Kier molecular flexibility index (Phi) is 15.5. The van der Waals surface area contributed by atoms with Gasteiger partial charge in [-0.2, -0.15) is 0 Å². The largest absolute Gasteiger partial charge is 0.467 e. The standard InChI is InChI=1S/C35H48N4O9/c1-8-22(2)29(32(43)37-27(33(44)46-7)19-24-15-11-9-12-16-24)39-30(41)23(3)36-31(42)26(38-34(45)48-35(4,5)6)20-28(40)47-21-25-17-13-10-14-18-25/h9-18,22-23,26-27,29H,8,19-21H2,1-7H3,(H,36,42)(H,37,43)(H,38,45)(H,39,41)/t22-,23-,26-,27-,29-/m0/s1. The third kappa shape index (κ3) is 13.8. The summed E-state index contributed by atoms with van der Waals surface area (Å²) in [4.78, 5) is 77.8. The van der Waals surface area contributed by atoms with Crippen LogP contribution in [-0.4, -0.2) is 72.6 Å². The van der Waals surface area contributed by atoms with Crippen molar-refractivity contribution in [2.45, 2.75) is 97.2 Å². The second kappa shape index (κ2) is 19.0. The number of nitrogens with one attached hydrogen (secondary N) is 4. The average molecular weight is 669 g/mol. The fourth-order valence-corrected chi connectivity index (χ4v) is 4.43. The van der Waals surface area contributed by atoms with E-state index in [1.807, 2.05) is 43.3 Å². The lowest BCUT2D eigenvalue weighted by Crippen LogP contribution is -2.59. The fourth-order valence-electron chi connectivity index (χ4n) is 4.43. The lowest BCUT2D eigenvalue weighted by atomic mass is 9.97. The molecule has 0 unspecified atom stereocenters. The van der Waals surface area contributed by atoms with Crippen molar-refractivity contribution in [3.05, 3.63) is 71.8 Å². The van der Waals surface area contributed by atoms with Crippen molar-refractivity contribution in [1.29, 1.82) is 0 Å². The van der Waals surface area contributed by atoms with Gasteiger partial charge < -0.3 is 35.5 Å². The van der Waals surface area contributed by atoms with Gasteiger partial charge in [0.15, 0.2) is 0 Å². The fraction of sp³-hybridized carbons (Fsp3) is 0.486. The summed E-state index contributed by atoms with van der Waals surface area (Å²) in [6.07, 6.45) is -0.805. The summed E-state index contributed by atoms with van der Waals surface area (Å²) in [5.74, 6) is -3.92. The molecule has 0 aromatic heterocycles. The second-order valence-electron chi connectivity index (χ2n) is 12.4. The molecule has 2 rings (SSSR count). The van der Waals surface area contributed by atoms with Crippen LogP contribution in [-0.2, 0) is 51.2 Å². The molecule has 13 nitrogen and oxygen atoms in total. The molecule has 0 aliphatic carbocycles. The van der Waals surface area contributed by atoms with Gasteiger partial charge in [0.1, 0.15) is 36.4 Å². The molecule has 4 amide bonds. The third-order valence-electron chi connectivity index (χ3n) is 7.25. The molecule has 0 heterocycles. The maximum atomic E-state index is 13.4. The average Bonchev–Trinajstić information content (AvgIpc) is 3.04. The topological polar surface area (TPSA) is 178 Å². The molecule has 4 N–H and O–H groups in total.